The molecule has 0 aromatic carbocycles. The van der Waals surface area contributed by atoms with Crippen LogP contribution in [0.4, 0.5) is 4.39 Å². The third-order valence-corrected chi connectivity index (χ3v) is 1.59. The average molecular weight is 218 g/mol. The fraction of sp³-hybridized carbons (Fsp3) is 0.600. The molecule has 0 saturated carbocycles. The molecule has 0 rings (SSSR count). The molecular weight excluding hydrogens is 203 g/mol. The molecule has 0 radical (unpaired) electrons. The molecule has 0 heterocycles. The lowest BCUT2D eigenvalue weighted by Gasteiger charge is -2.06. The van der Waals surface area contributed by atoms with Gasteiger partial charge in [0.1, 0.15) is 0 Å². The topological polar surface area (TPSA) is 52.6 Å². The monoisotopic (exact) mass is 218 g/mol. The first-order valence-corrected chi connectivity index (χ1v) is 4.81. The number of carbonyl (C=O) groups is 2. The summed E-state index contributed by atoms with van der Waals surface area (Å²) in [6.07, 6.45) is 0.0868. The van der Waals surface area contributed by atoms with Gasteiger partial charge >= 0.3 is 11.9 Å². The molecular formula is C10H15FO4. The molecule has 0 aliphatic carbocycles. The molecule has 4 nitrogen and oxygen atoms in total. The van der Waals surface area contributed by atoms with Crippen LogP contribution in [0.2, 0.25) is 0 Å². The van der Waals surface area contributed by atoms with Crippen molar-refractivity contribution in [2.45, 2.75) is 27.2 Å². The van der Waals surface area contributed by atoms with E-state index < -0.39 is 17.8 Å². The number of hydrogen-bond donors (Lipinski definition) is 0. The Hall–Kier alpha value is -1.39. The molecule has 0 atom stereocenters. The quantitative estimate of drug-likeness (QED) is 0.521. The second-order valence-electron chi connectivity index (χ2n) is 2.59. The number of ether oxygens (including phenoxy) is 2. The Morgan fingerprint density at radius 2 is 1.47 bits per heavy atom. The highest BCUT2D eigenvalue weighted by molar-refractivity contribution is 5.98. The summed E-state index contributed by atoms with van der Waals surface area (Å²) in [5.74, 6) is -3.11. The van der Waals surface area contributed by atoms with Crippen molar-refractivity contribution in [2.24, 2.45) is 0 Å². The van der Waals surface area contributed by atoms with E-state index in [0.717, 1.165) is 0 Å². The van der Waals surface area contributed by atoms with Crippen molar-refractivity contribution in [2.75, 3.05) is 13.2 Å². The Balaban J connectivity index is 4.80. The number of rotatable bonds is 5. The van der Waals surface area contributed by atoms with Crippen LogP contribution < -0.4 is 0 Å². The van der Waals surface area contributed by atoms with Gasteiger partial charge in [-0.15, -0.1) is 0 Å². The van der Waals surface area contributed by atoms with E-state index in [1.54, 1.807) is 20.8 Å². The number of esters is 2. The van der Waals surface area contributed by atoms with E-state index in [9.17, 15) is 14.0 Å². The minimum absolute atomic E-state index is 0.0616. The van der Waals surface area contributed by atoms with Crippen LogP contribution in [0, 0.1) is 0 Å². The Morgan fingerprint density at radius 3 is 1.87 bits per heavy atom. The summed E-state index contributed by atoms with van der Waals surface area (Å²) in [6, 6.07) is 0. The van der Waals surface area contributed by atoms with Gasteiger partial charge in [-0.05, 0) is 20.3 Å². The minimum Gasteiger partial charge on any atom is -0.463 e. The van der Waals surface area contributed by atoms with Crippen LogP contribution in [0.3, 0.4) is 0 Å². The molecule has 0 spiro atoms. The van der Waals surface area contributed by atoms with E-state index in [2.05, 4.69) is 9.47 Å². The maximum atomic E-state index is 13.3. The highest BCUT2D eigenvalue weighted by Crippen LogP contribution is 2.13. The second-order valence-corrected chi connectivity index (χ2v) is 2.59. The Morgan fingerprint density at radius 1 is 1.00 bits per heavy atom. The largest absolute Gasteiger partial charge is 0.463 e. The highest BCUT2D eigenvalue weighted by Gasteiger charge is 2.21. The Kier molecular flexibility index (Phi) is 6.33. The summed E-state index contributed by atoms with van der Waals surface area (Å²) >= 11 is 0. The van der Waals surface area contributed by atoms with E-state index >= 15 is 0 Å². The van der Waals surface area contributed by atoms with Crippen LogP contribution in [0.15, 0.2) is 11.4 Å². The molecule has 0 saturated heterocycles. The predicted octanol–water partition coefficient (Wildman–Crippen LogP) is 1.75. The van der Waals surface area contributed by atoms with Crippen molar-refractivity contribution in [3.63, 3.8) is 0 Å². The van der Waals surface area contributed by atoms with Gasteiger partial charge in [-0.2, -0.15) is 4.39 Å². The molecule has 0 unspecified atom stereocenters. The number of carbonyl (C=O) groups excluding carboxylic acids is 2. The first kappa shape index (κ1) is 13.6. The van der Waals surface area contributed by atoms with Crippen LogP contribution in [-0.2, 0) is 19.1 Å². The van der Waals surface area contributed by atoms with Crippen LogP contribution in [0.25, 0.3) is 0 Å². The zero-order valence-corrected chi connectivity index (χ0v) is 9.13. The molecule has 0 bridgehead atoms. The van der Waals surface area contributed by atoms with E-state index in [0.29, 0.717) is 0 Å². The van der Waals surface area contributed by atoms with Gasteiger partial charge in [0.2, 0.25) is 5.83 Å². The van der Waals surface area contributed by atoms with Crippen LogP contribution in [-0.4, -0.2) is 25.2 Å². The molecule has 5 heteroatoms. The first-order valence-electron chi connectivity index (χ1n) is 4.81. The van der Waals surface area contributed by atoms with Gasteiger partial charge < -0.3 is 9.47 Å². The molecule has 0 fully saturated rings. The van der Waals surface area contributed by atoms with E-state index in [-0.39, 0.29) is 25.2 Å². The Bertz CT molecular complexity index is 271. The maximum Gasteiger partial charge on any atom is 0.367 e. The molecule has 86 valence electrons. The van der Waals surface area contributed by atoms with Crippen molar-refractivity contribution in [1.29, 1.82) is 0 Å². The molecule has 0 amide bonds. The third kappa shape index (κ3) is 4.10. The molecule has 0 aliphatic rings. The Labute approximate surface area is 88.0 Å². The van der Waals surface area contributed by atoms with Gasteiger partial charge in [-0.1, -0.05) is 6.92 Å². The normalized spacial score (nSPS) is 11.7. The molecule has 15 heavy (non-hydrogen) atoms. The van der Waals surface area contributed by atoms with Gasteiger partial charge in [-0.3, -0.25) is 0 Å². The van der Waals surface area contributed by atoms with Crippen molar-refractivity contribution >= 4 is 11.9 Å². The van der Waals surface area contributed by atoms with Crippen LogP contribution in [0.1, 0.15) is 27.2 Å². The summed E-state index contributed by atoms with van der Waals surface area (Å²) in [4.78, 5) is 22.2. The molecule has 0 aromatic heterocycles. The van der Waals surface area contributed by atoms with E-state index in [1.165, 1.54) is 0 Å². The second kappa shape index (κ2) is 6.98. The zero-order valence-electron chi connectivity index (χ0n) is 9.13. The fourth-order valence-electron chi connectivity index (χ4n) is 0.925. The third-order valence-electron chi connectivity index (χ3n) is 1.59. The number of hydrogen-bond acceptors (Lipinski definition) is 4. The number of halogens is 1. The van der Waals surface area contributed by atoms with Crippen molar-refractivity contribution in [3.05, 3.63) is 11.4 Å². The lowest BCUT2D eigenvalue weighted by molar-refractivity contribution is -0.143. The fourth-order valence-corrected chi connectivity index (χ4v) is 0.925. The van der Waals surface area contributed by atoms with E-state index in [1.807, 2.05) is 0 Å². The van der Waals surface area contributed by atoms with Crippen molar-refractivity contribution in [1.82, 2.24) is 0 Å². The predicted molar refractivity (Wildman–Crippen MR) is 51.7 cm³/mol. The minimum atomic E-state index is -1.17. The van der Waals surface area contributed by atoms with Crippen LogP contribution in [0.5, 0.6) is 0 Å². The lowest BCUT2D eigenvalue weighted by Crippen LogP contribution is -2.14. The lowest BCUT2D eigenvalue weighted by atomic mass is 10.2. The zero-order chi connectivity index (χ0) is 11.8. The summed E-state index contributed by atoms with van der Waals surface area (Å²) in [6.45, 7) is 4.92. The highest BCUT2D eigenvalue weighted by atomic mass is 19.1. The standard InChI is InChI=1S/C10H15FO4/c1-4-7(9(12)14-5-2)8(11)10(13)15-6-3/h4-6H2,1-3H3/b8-7+. The maximum absolute atomic E-state index is 13.3. The van der Waals surface area contributed by atoms with Crippen molar-refractivity contribution in [3.8, 4) is 0 Å². The summed E-state index contributed by atoms with van der Waals surface area (Å²) in [7, 11) is 0. The van der Waals surface area contributed by atoms with Crippen LogP contribution >= 0.6 is 0 Å². The van der Waals surface area contributed by atoms with Gasteiger partial charge in [0.15, 0.2) is 0 Å². The molecule has 0 aliphatic heterocycles. The van der Waals surface area contributed by atoms with Gasteiger partial charge in [0.05, 0.1) is 18.8 Å². The summed E-state index contributed by atoms with van der Waals surface area (Å²) in [5.41, 5.74) is -0.282. The smallest absolute Gasteiger partial charge is 0.367 e. The van der Waals surface area contributed by atoms with Gasteiger partial charge in [-0.25, -0.2) is 9.59 Å². The summed E-state index contributed by atoms with van der Waals surface area (Å²) < 4.78 is 22.4. The average Bonchev–Trinajstić information content (AvgIpc) is 2.19. The SMILES string of the molecule is CCOC(=O)/C(F)=C(/CC)C(=O)OCC. The van der Waals surface area contributed by atoms with Gasteiger partial charge in [0.25, 0.3) is 0 Å². The first-order chi connectivity index (χ1) is 7.08. The molecule has 0 aromatic rings. The van der Waals surface area contributed by atoms with Gasteiger partial charge in [0, 0.05) is 0 Å². The molecule has 0 N–H and O–H groups in total. The summed E-state index contributed by atoms with van der Waals surface area (Å²) in [5, 5.41) is 0. The van der Waals surface area contributed by atoms with Crippen molar-refractivity contribution < 1.29 is 23.5 Å². The van der Waals surface area contributed by atoms with E-state index in [4.69, 9.17) is 0 Å².